The van der Waals surface area contributed by atoms with Crippen molar-refractivity contribution in [3.63, 3.8) is 0 Å². The number of H-pyrrole nitrogens is 1. The molecule has 26 heavy (non-hydrogen) atoms. The highest BCUT2D eigenvalue weighted by molar-refractivity contribution is 6.06. The number of ether oxygens (including phenoxy) is 1. The molecule has 1 N–H and O–H groups in total. The van der Waals surface area contributed by atoms with E-state index in [4.69, 9.17) is 0 Å². The van der Waals surface area contributed by atoms with Crippen molar-refractivity contribution in [2.24, 2.45) is 4.99 Å². The molecule has 3 aromatic rings. The van der Waals surface area contributed by atoms with Crippen LogP contribution in [0.4, 0.5) is 17.6 Å². The number of carbonyl (C=O) groups excluding carboxylic acids is 1. The van der Waals surface area contributed by atoms with Crippen molar-refractivity contribution >= 4 is 23.5 Å². The summed E-state index contributed by atoms with van der Waals surface area (Å²) in [5.74, 6) is -1.52. The van der Waals surface area contributed by atoms with Crippen LogP contribution < -0.4 is 4.74 Å². The van der Waals surface area contributed by atoms with Gasteiger partial charge in [-0.2, -0.15) is 0 Å². The van der Waals surface area contributed by atoms with E-state index in [0.29, 0.717) is 27.6 Å². The maximum absolute atomic E-state index is 14.0. The Bertz CT molecular complexity index is 1000. The Labute approximate surface area is 145 Å². The largest absolute Gasteiger partial charge is 0.573 e. The number of aliphatic imine (C=N–C) groups is 1. The summed E-state index contributed by atoms with van der Waals surface area (Å²) in [6, 6.07) is 7.51. The molecule has 8 heteroatoms. The molecular weight excluding hydrogens is 352 g/mol. The molecular formula is C18H12F4N2O2. The highest BCUT2D eigenvalue weighted by Crippen LogP contribution is 2.34. The van der Waals surface area contributed by atoms with Crippen LogP contribution in [-0.2, 0) is 0 Å². The van der Waals surface area contributed by atoms with Gasteiger partial charge in [-0.15, -0.1) is 13.2 Å². The number of hydrogen-bond acceptors (Lipinski definition) is 2. The number of alkyl halides is 3. The molecule has 3 rings (SSSR count). The van der Waals surface area contributed by atoms with Gasteiger partial charge in [-0.05, 0) is 49.0 Å². The van der Waals surface area contributed by atoms with Gasteiger partial charge in [0.2, 0.25) is 0 Å². The van der Waals surface area contributed by atoms with Crippen molar-refractivity contribution in [2.75, 3.05) is 0 Å². The number of carbonyl (C=O) groups is 1. The van der Waals surface area contributed by atoms with Gasteiger partial charge in [0.1, 0.15) is 17.3 Å². The molecule has 1 amide bonds. The highest BCUT2D eigenvalue weighted by Gasteiger charge is 2.31. The van der Waals surface area contributed by atoms with Crippen molar-refractivity contribution in [3.05, 3.63) is 53.5 Å². The van der Waals surface area contributed by atoms with E-state index in [9.17, 15) is 22.4 Å². The lowest BCUT2D eigenvalue weighted by atomic mass is 10.0. The lowest BCUT2D eigenvalue weighted by Crippen LogP contribution is -2.16. The SMILES string of the molecule is C=NC(=O)c1[nH]c2c(-c3ccc(OC(F)(F)F)cc3)cc(F)cc2c1C. The third-order valence-corrected chi connectivity index (χ3v) is 3.89. The molecule has 2 aromatic carbocycles. The maximum Gasteiger partial charge on any atom is 0.573 e. The molecule has 0 fully saturated rings. The fourth-order valence-electron chi connectivity index (χ4n) is 2.75. The molecule has 1 aromatic heterocycles. The molecule has 0 aliphatic heterocycles. The van der Waals surface area contributed by atoms with Crippen LogP contribution in [0.15, 0.2) is 41.4 Å². The molecule has 0 aliphatic carbocycles. The van der Waals surface area contributed by atoms with Crippen molar-refractivity contribution in [1.82, 2.24) is 4.98 Å². The van der Waals surface area contributed by atoms with Crippen molar-refractivity contribution in [3.8, 4) is 16.9 Å². The first-order valence-electron chi connectivity index (χ1n) is 7.38. The van der Waals surface area contributed by atoms with Crippen LogP contribution in [-0.4, -0.2) is 24.0 Å². The van der Waals surface area contributed by atoms with Gasteiger partial charge >= 0.3 is 6.36 Å². The fraction of sp³-hybridized carbons (Fsp3) is 0.111. The van der Waals surface area contributed by atoms with Crippen LogP contribution in [0.3, 0.4) is 0 Å². The van der Waals surface area contributed by atoms with Gasteiger partial charge in [0, 0.05) is 10.9 Å². The molecule has 0 unspecified atom stereocenters. The van der Waals surface area contributed by atoms with E-state index in [0.717, 1.165) is 12.1 Å². The summed E-state index contributed by atoms with van der Waals surface area (Å²) in [6.07, 6.45) is -4.79. The number of aryl methyl sites for hydroxylation is 1. The van der Waals surface area contributed by atoms with Gasteiger partial charge in [-0.3, -0.25) is 4.79 Å². The van der Waals surface area contributed by atoms with Gasteiger partial charge in [0.05, 0.1) is 5.52 Å². The molecule has 4 nitrogen and oxygen atoms in total. The van der Waals surface area contributed by atoms with E-state index in [1.807, 2.05) is 0 Å². The molecule has 0 saturated carbocycles. The first kappa shape index (κ1) is 17.7. The number of fused-ring (bicyclic) bond motifs is 1. The number of halogens is 4. The number of nitrogens with zero attached hydrogens (tertiary/aromatic N) is 1. The Morgan fingerprint density at radius 3 is 2.42 bits per heavy atom. The second kappa shape index (κ2) is 6.29. The third kappa shape index (κ3) is 3.30. The number of amides is 1. The summed E-state index contributed by atoms with van der Waals surface area (Å²) in [5.41, 5.74) is 2.01. The minimum Gasteiger partial charge on any atom is -0.406 e. The van der Waals surface area contributed by atoms with Crippen molar-refractivity contribution < 1.29 is 27.1 Å². The van der Waals surface area contributed by atoms with Crippen molar-refractivity contribution in [2.45, 2.75) is 13.3 Å². The number of aromatic nitrogens is 1. The molecule has 1 heterocycles. The first-order valence-corrected chi connectivity index (χ1v) is 7.38. The van der Waals surface area contributed by atoms with E-state index in [1.165, 1.54) is 24.3 Å². The van der Waals surface area contributed by atoms with Crippen LogP contribution in [0.25, 0.3) is 22.0 Å². The zero-order chi connectivity index (χ0) is 19.1. The molecule has 0 saturated heterocycles. The standard InChI is InChI=1S/C18H12F4N2O2/c1-9-13-7-11(19)8-14(16(13)24-15(9)17(25)23-2)10-3-5-12(6-4-10)26-18(20,21)22/h3-8,24H,2H2,1H3. The summed E-state index contributed by atoms with van der Waals surface area (Å²) >= 11 is 0. The molecule has 0 spiro atoms. The highest BCUT2D eigenvalue weighted by atomic mass is 19.4. The second-order valence-electron chi connectivity index (χ2n) is 5.54. The maximum atomic E-state index is 14.0. The minimum absolute atomic E-state index is 0.180. The Kier molecular flexibility index (Phi) is 4.27. The van der Waals surface area contributed by atoms with Gasteiger partial charge in [-0.1, -0.05) is 12.1 Å². The lowest BCUT2D eigenvalue weighted by molar-refractivity contribution is -0.274. The normalized spacial score (nSPS) is 11.6. The minimum atomic E-state index is -4.79. The van der Waals surface area contributed by atoms with E-state index in [2.05, 4.69) is 21.4 Å². The Balaban J connectivity index is 2.13. The summed E-state index contributed by atoms with van der Waals surface area (Å²) in [6.45, 7) is 4.83. The van der Waals surface area contributed by atoms with E-state index < -0.39 is 18.1 Å². The van der Waals surface area contributed by atoms with E-state index in [-0.39, 0.29) is 11.4 Å². The van der Waals surface area contributed by atoms with Gasteiger partial charge < -0.3 is 9.72 Å². The smallest absolute Gasteiger partial charge is 0.406 e. The van der Waals surface area contributed by atoms with E-state index >= 15 is 0 Å². The molecule has 0 aliphatic rings. The topological polar surface area (TPSA) is 54.5 Å². The number of benzene rings is 2. The average molecular weight is 364 g/mol. The summed E-state index contributed by atoms with van der Waals surface area (Å²) < 4.78 is 54.7. The van der Waals surface area contributed by atoms with Crippen LogP contribution in [0, 0.1) is 12.7 Å². The van der Waals surface area contributed by atoms with Crippen LogP contribution in [0.5, 0.6) is 5.75 Å². The third-order valence-electron chi connectivity index (χ3n) is 3.89. The van der Waals surface area contributed by atoms with Gasteiger partial charge in [-0.25, -0.2) is 9.38 Å². The summed E-state index contributed by atoms with van der Waals surface area (Å²) in [5, 5.41) is 0.475. The number of hydrogen-bond donors (Lipinski definition) is 1. The molecule has 134 valence electrons. The Morgan fingerprint density at radius 2 is 1.85 bits per heavy atom. The second-order valence-corrected chi connectivity index (χ2v) is 5.54. The molecule has 0 bridgehead atoms. The first-order chi connectivity index (χ1) is 12.2. The summed E-state index contributed by atoms with van der Waals surface area (Å²) in [4.78, 5) is 18.1. The van der Waals surface area contributed by atoms with Crippen molar-refractivity contribution in [1.29, 1.82) is 0 Å². The fourth-order valence-corrected chi connectivity index (χ4v) is 2.75. The van der Waals surface area contributed by atoms with Gasteiger partial charge in [0.15, 0.2) is 0 Å². The Morgan fingerprint density at radius 1 is 1.19 bits per heavy atom. The zero-order valence-corrected chi connectivity index (χ0v) is 13.4. The number of rotatable bonds is 3. The van der Waals surface area contributed by atoms with Crippen LogP contribution in [0.2, 0.25) is 0 Å². The number of aromatic amines is 1. The number of nitrogens with one attached hydrogen (secondary N) is 1. The quantitative estimate of drug-likeness (QED) is 0.524. The van der Waals surface area contributed by atoms with Gasteiger partial charge in [0.25, 0.3) is 5.91 Å². The Hall–Kier alpha value is -3.16. The van der Waals surface area contributed by atoms with Crippen LogP contribution >= 0.6 is 0 Å². The van der Waals surface area contributed by atoms with E-state index in [1.54, 1.807) is 6.92 Å². The monoisotopic (exact) mass is 364 g/mol. The predicted molar refractivity (Wildman–Crippen MR) is 89.0 cm³/mol. The summed E-state index contributed by atoms with van der Waals surface area (Å²) in [7, 11) is 0. The molecule has 0 radical (unpaired) electrons. The lowest BCUT2D eigenvalue weighted by Gasteiger charge is -2.10. The average Bonchev–Trinajstić information content (AvgIpc) is 2.90. The van der Waals surface area contributed by atoms with Crippen LogP contribution in [0.1, 0.15) is 16.1 Å². The predicted octanol–water partition coefficient (Wildman–Crippen LogP) is 5.02. The molecule has 0 atom stereocenters. The zero-order valence-electron chi connectivity index (χ0n) is 13.4.